The van der Waals surface area contributed by atoms with Crippen molar-refractivity contribution in [3.63, 3.8) is 0 Å². The Kier molecular flexibility index (Phi) is 5.05. The van der Waals surface area contributed by atoms with E-state index < -0.39 is 14.9 Å². The number of sulfonamides is 1. The molecule has 0 saturated heterocycles. The van der Waals surface area contributed by atoms with Gasteiger partial charge in [0.05, 0.1) is 10.7 Å². The summed E-state index contributed by atoms with van der Waals surface area (Å²) in [5.41, 5.74) is 0.464. The van der Waals surface area contributed by atoms with E-state index in [9.17, 15) is 18.5 Å². The summed E-state index contributed by atoms with van der Waals surface area (Å²) < 4.78 is 26.3. The van der Waals surface area contributed by atoms with Gasteiger partial charge in [-0.2, -0.15) is 0 Å². The molecule has 0 radical (unpaired) electrons. The average Bonchev–Trinajstić information content (AvgIpc) is 2.91. The van der Waals surface area contributed by atoms with Crippen LogP contribution in [0.1, 0.15) is 10.4 Å². The molecule has 0 bridgehead atoms. The standard InChI is InChI=1S/C13H14N2O4S2/c16-15(17)12-5-3-11(4-6-12)10-21(18,19)14-8-7-13-2-1-9-20-13/h1-6,9,14H,7-8,10H2. The fourth-order valence-corrected chi connectivity index (χ4v) is 3.62. The van der Waals surface area contributed by atoms with Crippen molar-refractivity contribution in [2.75, 3.05) is 6.54 Å². The average molecular weight is 326 g/mol. The number of thiophene rings is 1. The second-order valence-electron chi connectivity index (χ2n) is 4.41. The van der Waals surface area contributed by atoms with Gasteiger partial charge in [-0.3, -0.25) is 10.1 Å². The Morgan fingerprint density at radius 2 is 1.90 bits per heavy atom. The molecule has 21 heavy (non-hydrogen) atoms. The van der Waals surface area contributed by atoms with Crippen LogP contribution >= 0.6 is 11.3 Å². The highest BCUT2D eigenvalue weighted by molar-refractivity contribution is 7.88. The van der Waals surface area contributed by atoms with Gasteiger partial charge in [0.25, 0.3) is 5.69 Å². The van der Waals surface area contributed by atoms with E-state index >= 15 is 0 Å². The zero-order chi connectivity index (χ0) is 15.3. The normalized spacial score (nSPS) is 11.4. The van der Waals surface area contributed by atoms with E-state index in [0.717, 1.165) is 4.88 Å². The molecule has 0 aliphatic heterocycles. The number of hydrogen-bond donors (Lipinski definition) is 1. The molecule has 0 atom stereocenters. The largest absolute Gasteiger partial charge is 0.269 e. The van der Waals surface area contributed by atoms with Gasteiger partial charge in [0, 0.05) is 23.6 Å². The first-order valence-electron chi connectivity index (χ1n) is 6.19. The van der Waals surface area contributed by atoms with Crippen molar-refractivity contribution < 1.29 is 13.3 Å². The molecule has 0 aliphatic rings. The van der Waals surface area contributed by atoms with Crippen LogP contribution in [0.5, 0.6) is 0 Å². The maximum Gasteiger partial charge on any atom is 0.269 e. The minimum absolute atomic E-state index is 0.0539. The fourth-order valence-electron chi connectivity index (χ4n) is 1.77. The highest BCUT2D eigenvalue weighted by atomic mass is 32.2. The molecule has 8 heteroatoms. The zero-order valence-electron chi connectivity index (χ0n) is 11.1. The van der Waals surface area contributed by atoms with Crippen molar-refractivity contribution in [3.8, 4) is 0 Å². The monoisotopic (exact) mass is 326 g/mol. The number of benzene rings is 1. The molecule has 2 rings (SSSR count). The lowest BCUT2D eigenvalue weighted by atomic mass is 10.2. The van der Waals surface area contributed by atoms with Crippen molar-refractivity contribution in [1.29, 1.82) is 0 Å². The molecule has 2 aromatic rings. The minimum Gasteiger partial charge on any atom is -0.258 e. The smallest absolute Gasteiger partial charge is 0.258 e. The topological polar surface area (TPSA) is 89.3 Å². The van der Waals surface area contributed by atoms with Crippen molar-refractivity contribution in [1.82, 2.24) is 4.72 Å². The third-order valence-electron chi connectivity index (χ3n) is 2.78. The van der Waals surface area contributed by atoms with Crippen LogP contribution in [0.25, 0.3) is 0 Å². The van der Waals surface area contributed by atoms with E-state index in [1.807, 2.05) is 17.5 Å². The Hall–Kier alpha value is -1.77. The summed E-state index contributed by atoms with van der Waals surface area (Å²) in [7, 11) is -3.44. The quantitative estimate of drug-likeness (QED) is 0.624. The van der Waals surface area contributed by atoms with Gasteiger partial charge in [-0.1, -0.05) is 18.2 Å². The molecule has 0 aliphatic carbocycles. The molecule has 0 fully saturated rings. The molecule has 0 amide bonds. The number of nitrogens with one attached hydrogen (secondary N) is 1. The van der Waals surface area contributed by atoms with Gasteiger partial charge in [-0.25, -0.2) is 13.1 Å². The summed E-state index contributed by atoms with van der Waals surface area (Å²) in [5, 5.41) is 12.5. The lowest BCUT2D eigenvalue weighted by molar-refractivity contribution is -0.384. The molecule has 112 valence electrons. The van der Waals surface area contributed by atoms with Gasteiger partial charge in [-0.15, -0.1) is 11.3 Å². The van der Waals surface area contributed by atoms with Gasteiger partial charge < -0.3 is 0 Å². The van der Waals surface area contributed by atoms with Crippen LogP contribution in [0.3, 0.4) is 0 Å². The summed E-state index contributed by atoms with van der Waals surface area (Å²) in [6, 6.07) is 9.39. The van der Waals surface area contributed by atoms with E-state index in [-0.39, 0.29) is 11.4 Å². The van der Waals surface area contributed by atoms with E-state index in [0.29, 0.717) is 18.5 Å². The Bertz CT molecular complexity index is 694. The van der Waals surface area contributed by atoms with Gasteiger partial charge in [0.2, 0.25) is 10.0 Å². The molecule has 1 N–H and O–H groups in total. The van der Waals surface area contributed by atoms with Crippen molar-refractivity contribution in [2.45, 2.75) is 12.2 Å². The first-order valence-corrected chi connectivity index (χ1v) is 8.72. The van der Waals surface area contributed by atoms with Gasteiger partial charge in [-0.05, 0) is 23.4 Å². The lowest BCUT2D eigenvalue weighted by Crippen LogP contribution is -2.27. The first-order chi connectivity index (χ1) is 9.96. The summed E-state index contributed by atoms with van der Waals surface area (Å²) in [4.78, 5) is 11.1. The van der Waals surface area contributed by atoms with Crippen LogP contribution < -0.4 is 4.72 Å². The maximum atomic E-state index is 11.9. The molecule has 0 saturated carbocycles. The highest BCUT2D eigenvalue weighted by Gasteiger charge is 2.12. The minimum atomic E-state index is -3.44. The van der Waals surface area contributed by atoms with Crippen molar-refractivity contribution in [2.24, 2.45) is 0 Å². The second-order valence-corrected chi connectivity index (χ2v) is 7.25. The third-order valence-corrected chi connectivity index (χ3v) is 5.07. The molecular formula is C13H14N2O4S2. The molecule has 0 unspecified atom stereocenters. The predicted molar refractivity (Wildman–Crippen MR) is 81.7 cm³/mol. The maximum absolute atomic E-state index is 11.9. The predicted octanol–water partition coefficient (Wildman–Crippen LogP) is 2.32. The Labute approximate surface area is 126 Å². The van der Waals surface area contributed by atoms with E-state index in [1.54, 1.807) is 11.3 Å². The molecule has 1 aromatic heterocycles. The zero-order valence-corrected chi connectivity index (χ0v) is 12.7. The number of rotatable bonds is 7. The van der Waals surface area contributed by atoms with E-state index in [4.69, 9.17) is 0 Å². The fraction of sp³-hybridized carbons (Fsp3) is 0.231. The van der Waals surface area contributed by atoms with Crippen molar-refractivity contribution in [3.05, 3.63) is 62.3 Å². The molecule has 1 aromatic carbocycles. The summed E-state index contributed by atoms with van der Waals surface area (Å²) in [6.45, 7) is 0.343. The number of hydrogen-bond acceptors (Lipinski definition) is 5. The van der Waals surface area contributed by atoms with Gasteiger partial charge in [0.15, 0.2) is 0 Å². The van der Waals surface area contributed by atoms with Crippen LogP contribution in [0.15, 0.2) is 41.8 Å². The molecule has 1 heterocycles. The first kappa shape index (κ1) is 15.6. The second kappa shape index (κ2) is 6.79. The van der Waals surface area contributed by atoms with Crippen molar-refractivity contribution >= 4 is 27.0 Å². The van der Waals surface area contributed by atoms with Gasteiger partial charge in [0.1, 0.15) is 0 Å². The Morgan fingerprint density at radius 3 is 2.48 bits per heavy atom. The number of nitrogens with zero attached hydrogens (tertiary/aromatic N) is 1. The molecular weight excluding hydrogens is 312 g/mol. The molecule has 6 nitrogen and oxygen atoms in total. The summed E-state index contributed by atoms with van der Waals surface area (Å²) in [6.07, 6.45) is 0.650. The Morgan fingerprint density at radius 1 is 1.19 bits per heavy atom. The SMILES string of the molecule is O=[N+]([O-])c1ccc(CS(=O)(=O)NCCc2cccs2)cc1. The van der Waals surface area contributed by atoms with Crippen LogP contribution in [-0.4, -0.2) is 19.9 Å². The Balaban J connectivity index is 1.89. The van der Waals surface area contributed by atoms with E-state index in [2.05, 4.69) is 4.72 Å². The number of nitro groups is 1. The van der Waals surface area contributed by atoms with Crippen LogP contribution in [0.2, 0.25) is 0 Å². The summed E-state index contributed by atoms with van der Waals surface area (Å²) >= 11 is 1.58. The van der Waals surface area contributed by atoms with Crippen LogP contribution in [0.4, 0.5) is 5.69 Å². The number of non-ortho nitro benzene ring substituents is 1. The lowest BCUT2D eigenvalue weighted by Gasteiger charge is -2.06. The summed E-state index contributed by atoms with van der Waals surface area (Å²) in [5.74, 6) is -0.185. The van der Waals surface area contributed by atoms with Crippen LogP contribution in [0, 0.1) is 10.1 Å². The third kappa shape index (κ3) is 4.92. The van der Waals surface area contributed by atoms with Gasteiger partial charge >= 0.3 is 0 Å². The van der Waals surface area contributed by atoms with E-state index in [1.165, 1.54) is 24.3 Å². The number of nitro benzene ring substituents is 1. The van der Waals surface area contributed by atoms with Crippen LogP contribution in [-0.2, 0) is 22.2 Å². The highest BCUT2D eigenvalue weighted by Crippen LogP contribution is 2.14. The molecule has 0 spiro atoms.